The van der Waals surface area contributed by atoms with Crippen LogP contribution in [0.1, 0.15) is 33.0 Å². The molecule has 0 bridgehead atoms. The standard InChI is InChI=1S/C20H20N2O2/c1-14-7-6-9-18(11-14)24-20(23)19-12-15(2)22(16(19)3)13-17-8-4-5-10-21-17/h4-12H,13H2,1-3H3. The van der Waals surface area contributed by atoms with Gasteiger partial charge in [-0.1, -0.05) is 18.2 Å². The van der Waals surface area contributed by atoms with Crippen molar-refractivity contribution in [2.24, 2.45) is 0 Å². The lowest BCUT2D eigenvalue weighted by Crippen LogP contribution is -2.11. The van der Waals surface area contributed by atoms with Gasteiger partial charge in [-0.15, -0.1) is 0 Å². The van der Waals surface area contributed by atoms with Crippen LogP contribution in [0.2, 0.25) is 0 Å². The zero-order valence-electron chi connectivity index (χ0n) is 14.1. The summed E-state index contributed by atoms with van der Waals surface area (Å²) in [4.78, 5) is 16.9. The van der Waals surface area contributed by atoms with Crippen LogP contribution in [0.5, 0.6) is 5.75 Å². The van der Waals surface area contributed by atoms with Gasteiger partial charge in [-0.2, -0.15) is 0 Å². The lowest BCUT2D eigenvalue weighted by Gasteiger charge is -2.09. The van der Waals surface area contributed by atoms with Gasteiger partial charge in [0, 0.05) is 17.6 Å². The average Bonchev–Trinajstić information content (AvgIpc) is 2.84. The van der Waals surface area contributed by atoms with Crippen molar-refractivity contribution >= 4 is 5.97 Å². The number of benzene rings is 1. The van der Waals surface area contributed by atoms with Crippen LogP contribution < -0.4 is 4.74 Å². The highest BCUT2D eigenvalue weighted by molar-refractivity contribution is 5.92. The van der Waals surface area contributed by atoms with E-state index < -0.39 is 0 Å². The minimum Gasteiger partial charge on any atom is -0.423 e. The summed E-state index contributed by atoms with van der Waals surface area (Å²) in [6.45, 7) is 6.52. The number of aromatic nitrogens is 2. The molecule has 0 aliphatic rings. The Kier molecular flexibility index (Phi) is 4.47. The third kappa shape index (κ3) is 3.38. The number of hydrogen-bond acceptors (Lipinski definition) is 3. The Morgan fingerprint density at radius 3 is 2.62 bits per heavy atom. The van der Waals surface area contributed by atoms with Crippen LogP contribution in [-0.2, 0) is 6.54 Å². The van der Waals surface area contributed by atoms with Gasteiger partial charge in [-0.3, -0.25) is 4.98 Å². The van der Waals surface area contributed by atoms with E-state index in [1.807, 2.05) is 63.2 Å². The first-order chi connectivity index (χ1) is 11.5. The summed E-state index contributed by atoms with van der Waals surface area (Å²) in [5, 5.41) is 0. The molecule has 0 saturated heterocycles. The van der Waals surface area contributed by atoms with Gasteiger partial charge in [0.2, 0.25) is 0 Å². The molecule has 0 N–H and O–H groups in total. The molecule has 3 rings (SSSR count). The fourth-order valence-corrected chi connectivity index (χ4v) is 2.75. The number of carbonyl (C=O) groups excluding carboxylic acids is 1. The highest BCUT2D eigenvalue weighted by Gasteiger charge is 2.18. The van der Waals surface area contributed by atoms with Crippen molar-refractivity contribution in [3.63, 3.8) is 0 Å². The van der Waals surface area contributed by atoms with Gasteiger partial charge in [-0.05, 0) is 56.7 Å². The fraction of sp³-hybridized carbons (Fsp3) is 0.200. The number of nitrogens with zero attached hydrogens (tertiary/aromatic N) is 2. The molecule has 4 nitrogen and oxygen atoms in total. The van der Waals surface area contributed by atoms with Crippen LogP contribution in [0.3, 0.4) is 0 Å². The van der Waals surface area contributed by atoms with Crippen molar-refractivity contribution in [2.45, 2.75) is 27.3 Å². The Morgan fingerprint density at radius 2 is 1.92 bits per heavy atom. The van der Waals surface area contributed by atoms with Crippen LogP contribution in [0.25, 0.3) is 0 Å². The number of rotatable bonds is 4. The van der Waals surface area contributed by atoms with E-state index in [0.29, 0.717) is 17.9 Å². The van der Waals surface area contributed by atoms with Crippen molar-refractivity contribution in [3.8, 4) is 5.75 Å². The van der Waals surface area contributed by atoms with Crippen LogP contribution in [0.4, 0.5) is 0 Å². The SMILES string of the molecule is Cc1cccc(OC(=O)c2cc(C)n(Cc3ccccn3)c2C)c1. The van der Waals surface area contributed by atoms with Crippen LogP contribution in [0.15, 0.2) is 54.7 Å². The molecule has 0 unspecified atom stereocenters. The van der Waals surface area contributed by atoms with Gasteiger partial charge < -0.3 is 9.30 Å². The maximum absolute atomic E-state index is 12.5. The first kappa shape index (κ1) is 16.0. The van der Waals surface area contributed by atoms with E-state index in [1.54, 1.807) is 12.3 Å². The van der Waals surface area contributed by atoms with E-state index in [1.165, 1.54) is 0 Å². The first-order valence-corrected chi connectivity index (χ1v) is 7.90. The van der Waals surface area contributed by atoms with Gasteiger partial charge in [0.15, 0.2) is 0 Å². The van der Waals surface area contributed by atoms with Crippen molar-refractivity contribution in [2.75, 3.05) is 0 Å². The number of ether oxygens (including phenoxy) is 1. The highest BCUT2D eigenvalue weighted by atomic mass is 16.5. The molecule has 122 valence electrons. The maximum atomic E-state index is 12.5. The van der Waals surface area contributed by atoms with E-state index in [9.17, 15) is 4.79 Å². The molecule has 0 aliphatic heterocycles. The topological polar surface area (TPSA) is 44.1 Å². The summed E-state index contributed by atoms with van der Waals surface area (Å²) >= 11 is 0. The molecule has 2 heterocycles. The Labute approximate surface area is 141 Å². The minimum atomic E-state index is -0.332. The van der Waals surface area contributed by atoms with Gasteiger partial charge in [0.05, 0.1) is 17.8 Å². The summed E-state index contributed by atoms with van der Waals surface area (Å²) < 4.78 is 7.59. The van der Waals surface area contributed by atoms with Gasteiger partial charge in [-0.25, -0.2) is 4.79 Å². The molecule has 0 aliphatic carbocycles. The minimum absolute atomic E-state index is 0.332. The van der Waals surface area contributed by atoms with E-state index >= 15 is 0 Å². The monoisotopic (exact) mass is 320 g/mol. The molecular weight excluding hydrogens is 300 g/mol. The second-order valence-electron chi connectivity index (χ2n) is 5.90. The molecule has 0 radical (unpaired) electrons. The lowest BCUT2D eigenvalue weighted by molar-refractivity contribution is 0.0734. The molecule has 24 heavy (non-hydrogen) atoms. The largest absolute Gasteiger partial charge is 0.423 e. The highest BCUT2D eigenvalue weighted by Crippen LogP contribution is 2.20. The predicted molar refractivity (Wildman–Crippen MR) is 93.4 cm³/mol. The summed E-state index contributed by atoms with van der Waals surface area (Å²) in [6, 6.07) is 15.2. The Balaban J connectivity index is 1.84. The van der Waals surface area contributed by atoms with E-state index in [2.05, 4.69) is 9.55 Å². The summed E-state index contributed by atoms with van der Waals surface area (Å²) in [5.74, 6) is 0.232. The molecule has 3 aromatic rings. The van der Waals surface area contributed by atoms with Crippen LogP contribution in [0, 0.1) is 20.8 Å². The third-order valence-corrected chi connectivity index (χ3v) is 4.04. The molecule has 0 spiro atoms. The Morgan fingerprint density at radius 1 is 1.08 bits per heavy atom. The number of pyridine rings is 1. The molecule has 0 saturated carbocycles. The molecule has 1 aromatic carbocycles. The zero-order valence-corrected chi connectivity index (χ0v) is 14.1. The molecule has 0 atom stereocenters. The lowest BCUT2D eigenvalue weighted by atomic mass is 10.2. The van der Waals surface area contributed by atoms with Crippen molar-refractivity contribution < 1.29 is 9.53 Å². The van der Waals surface area contributed by atoms with Crippen molar-refractivity contribution in [3.05, 3.63) is 82.9 Å². The zero-order chi connectivity index (χ0) is 17.1. The summed E-state index contributed by atoms with van der Waals surface area (Å²) in [5.41, 5.74) is 4.49. The maximum Gasteiger partial charge on any atom is 0.345 e. The van der Waals surface area contributed by atoms with Crippen molar-refractivity contribution in [1.29, 1.82) is 0 Å². The van der Waals surface area contributed by atoms with Crippen LogP contribution >= 0.6 is 0 Å². The fourth-order valence-electron chi connectivity index (χ4n) is 2.75. The van der Waals surface area contributed by atoms with Gasteiger partial charge in [0.1, 0.15) is 5.75 Å². The van der Waals surface area contributed by atoms with Gasteiger partial charge >= 0.3 is 5.97 Å². The Hall–Kier alpha value is -2.88. The molecule has 4 heteroatoms. The van der Waals surface area contributed by atoms with E-state index in [4.69, 9.17) is 4.74 Å². The summed E-state index contributed by atoms with van der Waals surface area (Å²) in [6.07, 6.45) is 1.77. The number of hydrogen-bond donors (Lipinski definition) is 0. The molecule has 0 amide bonds. The predicted octanol–water partition coefficient (Wildman–Crippen LogP) is 4.08. The number of esters is 1. The van der Waals surface area contributed by atoms with Crippen molar-refractivity contribution in [1.82, 2.24) is 9.55 Å². The third-order valence-electron chi connectivity index (χ3n) is 4.04. The second-order valence-corrected chi connectivity index (χ2v) is 5.90. The van der Waals surface area contributed by atoms with Crippen LogP contribution in [-0.4, -0.2) is 15.5 Å². The smallest absolute Gasteiger partial charge is 0.345 e. The summed E-state index contributed by atoms with van der Waals surface area (Å²) in [7, 11) is 0. The normalized spacial score (nSPS) is 10.6. The quantitative estimate of drug-likeness (QED) is 0.537. The van der Waals surface area contributed by atoms with E-state index in [-0.39, 0.29) is 5.97 Å². The Bertz CT molecular complexity index is 867. The molecule has 2 aromatic heterocycles. The molecular formula is C20H20N2O2. The number of carbonyl (C=O) groups is 1. The molecule has 0 fully saturated rings. The average molecular weight is 320 g/mol. The first-order valence-electron chi connectivity index (χ1n) is 7.90. The second kappa shape index (κ2) is 6.71. The van der Waals surface area contributed by atoms with E-state index in [0.717, 1.165) is 22.6 Å². The number of aryl methyl sites for hydroxylation is 2. The van der Waals surface area contributed by atoms with Gasteiger partial charge in [0.25, 0.3) is 0 Å².